The topological polar surface area (TPSA) is 76.4 Å². The predicted molar refractivity (Wildman–Crippen MR) is 116 cm³/mol. The van der Waals surface area contributed by atoms with E-state index >= 15 is 0 Å². The van der Waals surface area contributed by atoms with Crippen LogP contribution in [0, 0.1) is 6.92 Å². The number of nitrogens with one attached hydrogen (secondary N) is 2. The van der Waals surface area contributed by atoms with Gasteiger partial charge in [-0.05, 0) is 56.2 Å². The zero-order valence-corrected chi connectivity index (χ0v) is 17.4. The molecule has 0 unspecified atom stereocenters. The molecule has 0 saturated heterocycles. The lowest BCUT2D eigenvalue weighted by Crippen LogP contribution is -2.31. The first kappa shape index (κ1) is 20.4. The largest absolute Gasteiger partial charge is 0.491 e. The number of ether oxygens (including phenoxy) is 1. The summed E-state index contributed by atoms with van der Waals surface area (Å²) in [6, 6.07) is 16.1. The second-order valence-electron chi connectivity index (χ2n) is 7.12. The molecule has 0 atom stereocenters. The van der Waals surface area contributed by atoms with Crippen LogP contribution in [-0.2, 0) is 20.1 Å². The van der Waals surface area contributed by atoms with Crippen molar-refractivity contribution in [3.8, 4) is 5.75 Å². The molecule has 1 aromatic heterocycles. The highest BCUT2D eigenvalue weighted by Gasteiger charge is 2.06. The zero-order valence-electron chi connectivity index (χ0n) is 17.4. The van der Waals surface area contributed by atoms with Crippen molar-refractivity contribution in [2.45, 2.75) is 40.0 Å². The fraction of sp³-hybridized carbons (Fsp3) is 0.318. The molecule has 29 heavy (non-hydrogen) atoms. The number of benzene rings is 2. The van der Waals surface area contributed by atoms with Gasteiger partial charge in [0.25, 0.3) is 0 Å². The maximum absolute atomic E-state index is 5.71. The monoisotopic (exact) mass is 392 g/mol. The van der Waals surface area contributed by atoms with Gasteiger partial charge in [0.2, 0.25) is 0 Å². The zero-order chi connectivity index (χ0) is 20.6. The van der Waals surface area contributed by atoms with Crippen LogP contribution in [-0.4, -0.2) is 26.8 Å². The van der Waals surface area contributed by atoms with E-state index in [1.165, 1.54) is 11.1 Å². The first-order valence-corrected chi connectivity index (χ1v) is 9.70. The minimum atomic E-state index is 0.146. The van der Waals surface area contributed by atoms with Crippen LogP contribution in [0.25, 0.3) is 0 Å². The summed E-state index contributed by atoms with van der Waals surface area (Å²) in [6.45, 7) is 7.22. The number of rotatable bonds is 7. The van der Waals surface area contributed by atoms with E-state index in [1.807, 2.05) is 61.9 Å². The summed E-state index contributed by atoms with van der Waals surface area (Å²) in [5.41, 5.74) is 3.34. The van der Waals surface area contributed by atoms with Gasteiger partial charge in [-0.1, -0.05) is 24.3 Å². The molecule has 0 aliphatic heterocycles. The normalized spacial score (nSPS) is 11.6. The van der Waals surface area contributed by atoms with E-state index in [1.54, 1.807) is 6.33 Å². The van der Waals surface area contributed by atoms with Gasteiger partial charge in [-0.3, -0.25) is 0 Å². The van der Waals surface area contributed by atoms with E-state index < -0.39 is 0 Å². The molecular formula is C22H28N6O. The summed E-state index contributed by atoms with van der Waals surface area (Å²) in [5, 5.41) is 14.7. The third-order valence-electron chi connectivity index (χ3n) is 4.38. The van der Waals surface area contributed by atoms with Crippen molar-refractivity contribution in [2.24, 2.45) is 12.0 Å². The molecule has 1 heterocycles. The minimum absolute atomic E-state index is 0.146. The number of hydrogen-bond donors (Lipinski definition) is 2. The van der Waals surface area contributed by atoms with E-state index in [0.29, 0.717) is 19.0 Å². The van der Waals surface area contributed by atoms with Gasteiger partial charge in [0.15, 0.2) is 11.8 Å². The van der Waals surface area contributed by atoms with Gasteiger partial charge < -0.3 is 19.9 Å². The third kappa shape index (κ3) is 6.07. The Hall–Kier alpha value is -3.35. The number of hydrogen-bond acceptors (Lipinski definition) is 4. The van der Waals surface area contributed by atoms with E-state index in [4.69, 9.17) is 9.73 Å². The maximum atomic E-state index is 5.71. The van der Waals surface area contributed by atoms with Crippen LogP contribution in [0.1, 0.15) is 30.8 Å². The molecule has 7 heteroatoms. The number of guanidine groups is 1. The fourth-order valence-electron chi connectivity index (χ4n) is 2.75. The van der Waals surface area contributed by atoms with Gasteiger partial charge in [-0.2, -0.15) is 0 Å². The van der Waals surface area contributed by atoms with Gasteiger partial charge in [0.05, 0.1) is 19.2 Å². The molecule has 0 bridgehead atoms. The summed E-state index contributed by atoms with van der Waals surface area (Å²) >= 11 is 0. The van der Waals surface area contributed by atoms with Crippen LogP contribution >= 0.6 is 0 Å². The Labute approximate surface area is 171 Å². The second-order valence-corrected chi connectivity index (χ2v) is 7.12. The van der Waals surface area contributed by atoms with Crippen LogP contribution in [0.2, 0.25) is 0 Å². The molecule has 0 aliphatic rings. The molecular weight excluding hydrogens is 364 g/mol. The molecule has 3 rings (SSSR count). The highest BCUT2D eigenvalue weighted by Crippen LogP contribution is 2.17. The van der Waals surface area contributed by atoms with Crippen LogP contribution in [0.4, 0.5) is 5.69 Å². The Morgan fingerprint density at radius 3 is 2.55 bits per heavy atom. The molecule has 0 aliphatic carbocycles. The Balaban J connectivity index is 1.73. The number of aliphatic imine (C=N–C) groups is 1. The number of anilines is 1. The predicted octanol–water partition coefficient (Wildman–Crippen LogP) is 3.67. The lowest BCUT2D eigenvalue weighted by molar-refractivity contribution is 0.242. The highest BCUT2D eigenvalue weighted by atomic mass is 16.5. The quantitative estimate of drug-likeness (QED) is 0.474. The van der Waals surface area contributed by atoms with Gasteiger partial charge >= 0.3 is 0 Å². The molecule has 0 saturated carbocycles. The van der Waals surface area contributed by atoms with Crippen molar-refractivity contribution in [3.63, 3.8) is 0 Å². The molecule has 0 fully saturated rings. The Morgan fingerprint density at radius 2 is 1.90 bits per heavy atom. The van der Waals surface area contributed by atoms with Crippen LogP contribution in [0.3, 0.4) is 0 Å². The second kappa shape index (κ2) is 9.73. The summed E-state index contributed by atoms with van der Waals surface area (Å²) in [5.74, 6) is 2.35. The van der Waals surface area contributed by atoms with Gasteiger partial charge in [0, 0.05) is 12.7 Å². The maximum Gasteiger partial charge on any atom is 0.196 e. The highest BCUT2D eigenvalue weighted by molar-refractivity contribution is 5.93. The van der Waals surface area contributed by atoms with Crippen molar-refractivity contribution in [3.05, 3.63) is 71.8 Å². The average Bonchev–Trinajstić information content (AvgIpc) is 3.11. The standard InChI is InChI=1S/C22H28N6O/c1-16(2)29-20-11-9-19(10-12-20)26-22(24-14-21-27-25-15-28(21)4)23-13-18-8-6-5-7-17(18)3/h5-12,15-16H,13-14H2,1-4H3,(H2,23,24,26). The van der Waals surface area contributed by atoms with Crippen molar-refractivity contribution in [2.75, 3.05) is 5.32 Å². The van der Waals surface area contributed by atoms with Crippen molar-refractivity contribution in [1.82, 2.24) is 20.1 Å². The minimum Gasteiger partial charge on any atom is -0.491 e. The number of nitrogens with zero attached hydrogens (tertiary/aromatic N) is 4. The molecule has 2 aromatic carbocycles. The lowest BCUT2D eigenvalue weighted by atomic mass is 10.1. The third-order valence-corrected chi connectivity index (χ3v) is 4.38. The van der Waals surface area contributed by atoms with E-state index in [0.717, 1.165) is 17.3 Å². The van der Waals surface area contributed by atoms with Crippen LogP contribution < -0.4 is 15.4 Å². The molecule has 2 N–H and O–H groups in total. The first-order valence-electron chi connectivity index (χ1n) is 9.70. The molecule has 0 amide bonds. The molecule has 3 aromatic rings. The lowest BCUT2D eigenvalue weighted by Gasteiger charge is -2.14. The van der Waals surface area contributed by atoms with E-state index in [9.17, 15) is 0 Å². The number of aromatic nitrogens is 3. The SMILES string of the molecule is Cc1ccccc1CN=C(NCc1nncn1C)Nc1ccc(OC(C)C)cc1. The molecule has 7 nitrogen and oxygen atoms in total. The van der Waals surface area contributed by atoms with Crippen molar-refractivity contribution < 1.29 is 4.74 Å². The average molecular weight is 393 g/mol. The molecule has 0 radical (unpaired) electrons. The Kier molecular flexibility index (Phi) is 6.84. The van der Waals surface area contributed by atoms with E-state index in [2.05, 4.69) is 39.9 Å². The summed E-state index contributed by atoms with van der Waals surface area (Å²) in [6.07, 6.45) is 1.83. The van der Waals surface area contributed by atoms with Gasteiger partial charge in [0.1, 0.15) is 12.1 Å². The summed E-state index contributed by atoms with van der Waals surface area (Å²) in [7, 11) is 1.92. The number of aryl methyl sites for hydroxylation is 2. The molecule has 152 valence electrons. The van der Waals surface area contributed by atoms with Crippen molar-refractivity contribution in [1.29, 1.82) is 0 Å². The molecule has 0 spiro atoms. The fourth-order valence-corrected chi connectivity index (χ4v) is 2.75. The Morgan fingerprint density at radius 1 is 1.14 bits per heavy atom. The summed E-state index contributed by atoms with van der Waals surface area (Å²) in [4.78, 5) is 4.76. The van der Waals surface area contributed by atoms with Crippen LogP contribution in [0.5, 0.6) is 5.75 Å². The van der Waals surface area contributed by atoms with Crippen molar-refractivity contribution >= 4 is 11.6 Å². The van der Waals surface area contributed by atoms with E-state index in [-0.39, 0.29) is 6.10 Å². The van der Waals surface area contributed by atoms with Gasteiger partial charge in [-0.25, -0.2) is 4.99 Å². The Bertz CT molecular complexity index is 946. The first-order chi connectivity index (χ1) is 14.0. The summed E-state index contributed by atoms with van der Waals surface area (Å²) < 4.78 is 7.59. The van der Waals surface area contributed by atoms with Gasteiger partial charge in [-0.15, -0.1) is 10.2 Å². The van der Waals surface area contributed by atoms with Crippen LogP contribution in [0.15, 0.2) is 59.9 Å². The smallest absolute Gasteiger partial charge is 0.196 e.